The molecule has 0 saturated carbocycles. The number of ether oxygens (including phenoxy) is 1. The number of carbonyl (C=O) groups is 1. The first-order valence-corrected chi connectivity index (χ1v) is 10.00. The van der Waals surface area contributed by atoms with E-state index in [2.05, 4.69) is 34.9 Å². The summed E-state index contributed by atoms with van der Waals surface area (Å²) in [5.74, 6) is 0.920. The topological polar surface area (TPSA) is 50.4 Å². The second kappa shape index (κ2) is 9.93. The van der Waals surface area contributed by atoms with Gasteiger partial charge in [0, 0.05) is 19.6 Å². The van der Waals surface area contributed by atoms with Crippen LogP contribution < -0.4 is 10.6 Å². The van der Waals surface area contributed by atoms with Crippen molar-refractivity contribution in [2.24, 2.45) is 5.92 Å². The van der Waals surface area contributed by atoms with Gasteiger partial charge in [0.05, 0.1) is 6.10 Å². The van der Waals surface area contributed by atoms with E-state index in [0.717, 1.165) is 44.8 Å². The minimum atomic E-state index is 0.196. The lowest BCUT2D eigenvalue weighted by atomic mass is 9.89. The summed E-state index contributed by atoms with van der Waals surface area (Å²) in [4.78, 5) is 11.9. The molecule has 3 rings (SSSR count). The summed E-state index contributed by atoms with van der Waals surface area (Å²) in [6, 6.07) is 8.62. The minimum Gasteiger partial charge on any atom is -0.373 e. The largest absolute Gasteiger partial charge is 0.373 e. The van der Waals surface area contributed by atoms with Crippen molar-refractivity contribution < 1.29 is 9.53 Å². The molecule has 1 aromatic carbocycles. The smallest absolute Gasteiger partial charge is 0.220 e. The molecular formula is C21H32N2O2. The van der Waals surface area contributed by atoms with Crippen LogP contribution in [0.5, 0.6) is 0 Å². The first kappa shape index (κ1) is 18.4. The van der Waals surface area contributed by atoms with Crippen LogP contribution in [0.15, 0.2) is 24.3 Å². The van der Waals surface area contributed by atoms with Gasteiger partial charge in [-0.25, -0.2) is 0 Å². The molecule has 1 amide bonds. The maximum absolute atomic E-state index is 11.9. The fourth-order valence-corrected chi connectivity index (χ4v) is 4.00. The van der Waals surface area contributed by atoms with E-state index in [1.807, 2.05) is 0 Å². The van der Waals surface area contributed by atoms with Gasteiger partial charge in [-0.05, 0) is 75.1 Å². The number of carbonyl (C=O) groups excluding carboxylic acids is 1. The Labute approximate surface area is 151 Å². The van der Waals surface area contributed by atoms with Gasteiger partial charge in [0.1, 0.15) is 0 Å². The number of benzene rings is 1. The predicted octanol–water partition coefficient (Wildman–Crippen LogP) is 3.37. The Bertz CT molecular complexity index is 540. The average molecular weight is 344 g/mol. The van der Waals surface area contributed by atoms with Crippen molar-refractivity contribution in [2.45, 2.75) is 57.5 Å². The monoisotopic (exact) mass is 344 g/mol. The molecule has 138 valence electrons. The Kier molecular flexibility index (Phi) is 7.31. The molecule has 1 saturated heterocycles. The van der Waals surface area contributed by atoms with Crippen LogP contribution in [0.1, 0.15) is 62.2 Å². The summed E-state index contributed by atoms with van der Waals surface area (Å²) in [6.45, 7) is 3.65. The lowest BCUT2D eigenvalue weighted by Crippen LogP contribution is -2.30. The first-order chi connectivity index (χ1) is 12.3. The lowest BCUT2D eigenvalue weighted by Gasteiger charge is -2.25. The highest BCUT2D eigenvalue weighted by Crippen LogP contribution is 2.32. The summed E-state index contributed by atoms with van der Waals surface area (Å²) in [7, 11) is 0. The molecule has 1 aromatic rings. The summed E-state index contributed by atoms with van der Waals surface area (Å²) in [5, 5.41) is 6.41. The molecule has 1 aliphatic heterocycles. The standard InChI is InChI=1S/C21H32N2O2/c24-21(10-9-17-11-14-22-15-12-17)23-13-4-16-25-20-8-3-6-18-5-1-2-7-19(18)20/h1-2,5,7,17,20,22H,3-4,6,8-16H2,(H,23,24). The minimum absolute atomic E-state index is 0.196. The normalized spacial score (nSPS) is 20.9. The summed E-state index contributed by atoms with van der Waals surface area (Å²) in [6.07, 6.45) is 8.73. The lowest BCUT2D eigenvalue weighted by molar-refractivity contribution is -0.121. The highest BCUT2D eigenvalue weighted by molar-refractivity contribution is 5.75. The summed E-state index contributed by atoms with van der Waals surface area (Å²) >= 11 is 0. The highest BCUT2D eigenvalue weighted by Gasteiger charge is 2.20. The number of amides is 1. The molecule has 0 spiro atoms. The van der Waals surface area contributed by atoms with E-state index >= 15 is 0 Å². The third kappa shape index (κ3) is 5.82. The number of nitrogens with one attached hydrogen (secondary N) is 2. The molecule has 1 unspecified atom stereocenters. The van der Waals surface area contributed by atoms with Gasteiger partial charge in [-0.1, -0.05) is 24.3 Å². The SMILES string of the molecule is O=C(CCC1CCNCC1)NCCCOC1CCCc2ccccc21. The average Bonchev–Trinajstić information content (AvgIpc) is 2.67. The van der Waals surface area contributed by atoms with Crippen LogP contribution in [-0.4, -0.2) is 32.1 Å². The molecular weight excluding hydrogens is 312 g/mol. The van der Waals surface area contributed by atoms with Crippen molar-refractivity contribution in [2.75, 3.05) is 26.2 Å². The van der Waals surface area contributed by atoms with Gasteiger partial charge in [0.25, 0.3) is 0 Å². The molecule has 0 radical (unpaired) electrons. The maximum Gasteiger partial charge on any atom is 0.220 e. The Balaban J connectivity index is 1.27. The molecule has 0 aromatic heterocycles. The van der Waals surface area contributed by atoms with Crippen LogP contribution in [0.3, 0.4) is 0 Å². The van der Waals surface area contributed by atoms with Gasteiger partial charge in [-0.15, -0.1) is 0 Å². The van der Waals surface area contributed by atoms with Crippen LogP contribution in [-0.2, 0) is 16.0 Å². The zero-order valence-electron chi connectivity index (χ0n) is 15.3. The second-order valence-corrected chi connectivity index (χ2v) is 7.39. The number of aryl methyl sites for hydroxylation is 1. The van der Waals surface area contributed by atoms with Crippen LogP contribution >= 0.6 is 0 Å². The van der Waals surface area contributed by atoms with Crippen molar-refractivity contribution in [3.05, 3.63) is 35.4 Å². The third-order valence-corrected chi connectivity index (χ3v) is 5.52. The van der Waals surface area contributed by atoms with Crippen LogP contribution in [0.2, 0.25) is 0 Å². The van der Waals surface area contributed by atoms with E-state index in [1.54, 1.807) is 0 Å². The first-order valence-electron chi connectivity index (χ1n) is 10.00. The quantitative estimate of drug-likeness (QED) is 0.711. The number of hydrogen-bond acceptors (Lipinski definition) is 3. The Morgan fingerprint density at radius 3 is 2.92 bits per heavy atom. The molecule has 1 fully saturated rings. The fraction of sp³-hybridized carbons (Fsp3) is 0.667. The molecule has 4 heteroatoms. The molecule has 25 heavy (non-hydrogen) atoms. The van der Waals surface area contributed by atoms with E-state index in [-0.39, 0.29) is 12.0 Å². The van der Waals surface area contributed by atoms with Crippen molar-refractivity contribution in [1.82, 2.24) is 10.6 Å². The maximum atomic E-state index is 11.9. The Morgan fingerprint density at radius 1 is 1.20 bits per heavy atom. The van der Waals surface area contributed by atoms with Gasteiger partial charge in [0.15, 0.2) is 0 Å². The van der Waals surface area contributed by atoms with Crippen molar-refractivity contribution in [3.63, 3.8) is 0 Å². The molecule has 0 bridgehead atoms. The third-order valence-electron chi connectivity index (χ3n) is 5.52. The second-order valence-electron chi connectivity index (χ2n) is 7.39. The van der Waals surface area contributed by atoms with Crippen LogP contribution in [0.4, 0.5) is 0 Å². The number of hydrogen-bond donors (Lipinski definition) is 2. The van der Waals surface area contributed by atoms with Crippen molar-refractivity contribution in [3.8, 4) is 0 Å². The Morgan fingerprint density at radius 2 is 2.04 bits per heavy atom. The number of piperidine rings is 1. The van der Waals surface area contributed by atoms with E-state index in [0.29, 0.717) is 13.0 Å². The predicted molar refractivity (Wildman–Crippen MR) is 101 cm³/mol. The van der Waals surface area contributed by atoms with E-state index in [4.69, 9.17) is 4.74 Å². The molecule has 1 atom stereocenters. The van der Waals surface area contributed by atoms with Gasteiger partial charge in [-0.2, -0.15) is 0 Å². The number of fused-ring (bicyclic) bond motifs is 1. The van der Waals surface area contributed by atoms with Gasteiger partial charge in [0.2, 0.25) is 5.91 Å². The van der Waals surface area contributed by atoms with Crippen molar-refractivity contribution >= 4 is 5.91 Å². The van der Waals surface area contributed by atoms with Crippen LogP contribution in [0, 0.1) is 5.92 Å². The van der Waals surface area contributed by atoms with E-state index < -0.39 is 0 Å². The van der Waals surface area contributed by atoms with E-state index in [1.165, 1.54) is 36.8 Å². The highest BCUT2D eigenvalue weighted by atomic mass is 16.5. The summed E-state index contributed by atoms with van der Waals surface area (Å²) < 4.78 is 6.09. The van der Waals surface area contributed by atoms with Crippen LogP contribution in [0.25, 0.3) is 0 Å². The van der Waals surface area contributed by atoms with Gasteiger partial charge >= 0.3 is 0 Å². The zero-order valence-corrected chi connectivity index (χ0v) is 15.3. The Hall–Kier alpha value is -1.39. The summed E-state index contributed by atoms with van der Waals surface area (Å²) in [5.41, 5.74) is 2.80. The molecule has 4 nitrogen and oxygen atoms in total. The van der Waals surface area contributed by atoms with Gasteiger partial charge < -0.3 is 15.4 Å². The zero-order chi connectivity index (χ0) is 17.3. The van der Waals surface area contributed by atoms with Crippen molar-refractivity contribution in [1.29, 1.82) is 0 Å². The molecule has 1 heterocycles. The van der Waals surface area contributed by atoms with Gasteiger partial charge in [-0.3, -0.25) is 4.79 Å². The molecule has 1 aliphatic carbocycles. The number of rotatable bonds is 8. The molecule has 2 aliphatic rings. The molecule has 2 N–H and O–H groups in total. The van der Waals surface area contributed by atoms with E-state index in [9.17, 15) is 4.79 Å². The fourth-order valence-electron chi connectivity index (χ4n) is 4.00.